The van der Waals surface area contributed by atoms with Crippen LogP contribution in [0.1, 0.15) is 20.3 Å². The molecule has 4 heteroatoms. The molecule has 0 aromatic heterocycles. The summed E-state index contributed by atoms with van der Waals surface area (Å²) in [5, 5.41) is 8.89. The average molecular weight is 175 g/mol. The Labute approximate surface area is 72.7 Å². The SMILES string of the molecule is CCOCC(CC)(CN)C(=O)O. The zero-order valence-corrected chi connectivity index (χ0v) is 7.67. The van der Waals surface area contributed by atoms with Gasteiger partial charge in [0.1, 0.15) is 5.41 Å². The zero-order valence-electron chi connectivity index (χ0n) is 7.67. The fourth-order valence-electron chi connectivity index (χ4n) is 0.903. The maximum Gasteiger partial charge on any atom is 0.313 e. The largest absolute Gasteiger partial charge is 0.481 e. The molecule has 0 aliphatic carbocycles. The summed E-state index contributed by atoms with van der Waals surface area (Å²) < 4.78 is 5.08. The van der Waals surface area contributed by atoms with E-state index in [9.17, 15) is 4.79 Å². The van der Waals surface area contributed by atoms with Crippen LogP contribution in [0.5, 0.6) is 0 Å². The van der Waals surface area contributed by atoms with Crippen LogP contribution in [0, 0.1) is 5.41 Å². The lowest BCUT2D eigenvalue weighted by molar-refractivity contribution is -0.152. The van der Waals surface area contributed by atoms with E-state index in [1.54, 1.807) is 6.92 Å². The maximum atomic E-state index is 10.8. The van der Waals surface area contributed by atoms with Crippen LogP contribution in [-0.2, 0) is 9.53 Å². The molecule has 3 N–H and O–H groups in total. The van der Waals surface area contributed by atoms with E-state index in [2.05, 4.69) is 0 Å². The van der Waals surface area contributed by atoms with Crippen molar-refractivity contribution in [1.82, 2.24) is 0 Å². The molecule has 0 spiro atoms. The predicted octanol–water partition coefficient (Wildman–Crippen LogP) is 0.463. The summed E-state index contributed by atoms with van der Waals surface area (Å²) in [4.78, 5) is 10.8. The fourth-order valence-corrected chi connectivity index (χ4v) is 0.903. The van der Waals surface area contributed by atoms with Gasteiger partial charge in [0, 0.05) is 13.2 Å². The van der Waals surface area contributed by atoms with Gasteiger partial charge in [0.05, 0.1) is 6.61 Å². The summed E-state index contributed by atoms with van der Waals surface area (Å²) in [5.41, 5.74) is 4.51. The molecule has 0 aliphatic heterocycles. The molecule has 12 heavy (non-hydrogen) atoms. The molecule has 1 unspecified atom stereocenters. The number of hydrogen-bond donors (Lipinski definition) is 2. The van der Waals surface area contributed by atoms with Gasteiger partial charge in [-0.25, -0.2) is 0 Å². The number of hydrogen-bond acceptors (Lipinski definition) is 3. The lowest BCUT2D eigenvalue weighted by atomic mass is 9.86. The van der Waals surface area contributed by atoms with Crippen molar-refractivity contribution in [2.24, 2.45) is 11.1 Å². The molecule has 72 valence electrons. The molecule has 0 rings (SSSR count). The van der Waals surface area contributed by atoms with Crippen LogP contribution in [0.2, 0.25) is 0 Å². The summed E-state index contributed by atoms with van der Waals surface area (Å²) in [6.07, 6.45) is 0.499. The Morgan fingerprint density at radius 1 is 1.58 bits per heavy atom. The second-order valence-corrected chi connectivity index (χ2v) is 2.78. The highest BCUT2D eigenvalue weighted by Crippen LogP contribution is 2.20. The van der Waals surface area contributed by atoms with Gasteiger partial charge in [0.15, 0.2) is 0 Å². The minimum Gasteiger partial charge on any atom is -0.481 e. The summed E-state index contributed by atoms with van der Waals surface area (Å²) in [7, 11) is 0. The Hall–Kier alpha value is -0.610. The number of aliphatic carboxylic acids is 1. The van der Waals surface area contributed by atoms with Crippen molar-refractivity contribution < 1.29 is 14.6 Å². The van der Waals surface area contributed by atoms with Gasteiger partial charge < -0.3 is 15.6 Å². The van der Waals surface area contributed by atoms with Gasteiger partial charge in [0.25, 0.3) is 0 Å². The predicted molar refractivity (Wildman–Crippen MR) is 45.9 cm³/mol. The first kappa shape index (κ1) is 11.4. The summed E-state index contributed by atoms with van der Waals surface area (Å²) in [6.45, 7) is 4.48. The molecule has 0 radical (unpaired) electrons. The van der Waals surface area contributed by atoms with Crippen molar-refractivity contribution >= 4 is 5.97 Å². The second kappa shape index (κ2) is 5.11. The van der Waals surface area contributed by atoms with Crippen LogP contribution < -0.4 is 5.73 Å². The third kappa shape index (κ3) is 2.46. The molecular formula is C8H17NO3. The molecule has 0 fully saturated rings. The van der Waals surface area contributed by atoms with Crippen molar-refractivity contribution in [2.45, 2.75) is 20.3 Å². The number of nitrogens with two attached hydrogens (primary N) is 1. The zero-order chi connectivity index (χ0) is 9.61. The summed E-state index contributed by atoms with van der Waals surface area (Å²) >= 11 is 0. The molecule has 0 aliphatic rings. The number of carboxylic acid groups (broad SMARTS) is 1. The first-order valence-corrected chi connectivity index (χ1v) is 4.14. The molecule has 0 bridgehead atoms. The lowest BCUT2D eigenvalue weighted by Gasteiger charge is -2.25. The second-order valence-electron chi connectivity index (χ2n) is 2.78. The van der Waals surface area contributed by atoms with E-state index in [0.29, 0.717) is 13.0 Å². The van der Waals surface area contributed by atoms with Gasteiger partial charge in [0.2, 0.25) is 0 Å². The summed E-state index contributed by atoms with van der Waals surface area (Å²) in [6, 6.07) is 0. The number of rotatable bonds is 6. The van der Waals surface area contributed by atoms with E-state index in [4.69, 9.17) is 15.6 Å². The van der Waals surface area contributed by atoms with E-state index < -0.39 is 11.4 Å². The van der Waals surface area contributed by atoms with Gasteiger partial charge in [-0.3, -0.25) is 4.79 Å². The van der Waals surface area contributed by atoms with Gasteiger partial charge in [-0.05, 0) is 13.3 Å². The summed E-state index contributed by atoms with van der Waals surface area (Å²) in [5.74, 6) is -0.874. The molecule has 0 aromatic carbocycles. The molecule has 0 heterocycles. The van der Waals surface area contributed by atoms with Crippen LogP contribution >= 0.6 is 0 Å². The van der Waals surface area contributed by atoms with E-state index in [-0.39, 0.29) is 13.2 Å². The first-order valence-electron chi connectivity index (χ1n) is 4.14. The molecule has 4 nitrogen and oxygen atoms in total. The number of carbonyl (C=O) groups is 1. The Balaban J connectivity index is 4.25. The van der Waals surface area contributed by atoms with E-state index in [1.165, 1.54) is 0 Å². The highest BCUT2D eigenvalue weighted by atomic mass is 16.5. The fraction of sp³-hybridized carbons (Fsp3) is 0.875. The number of carboxylic acids is 1. The minimum absolute atomic E-state index is 0.124. The topological polar surface area (TPSA) is 72.5 Å². The average Bonchev–Trinajstić information content (AvgIpc) is 2.07. The van der Waals surface area contributed by atoms with E-state index >= 15 is 0 Å². The molecule has 0 amide bonds. The smallest absolute Gasteiger partial charge is 0.313 e. The van der Waals surface area contributed by atoms with Crippen LogP contribution in [0.25, 0.3) is 0 Å². The van der Waals surface area contributed by atoms with Gasteiger partial charge in [-0.2, -0.15) is 0 Å². The quantitative estimate of drug-likeness (QED) is 0.615. The third-order valence-electron chi connectivity index (χ3n) is 2.10. The molecule has 0 saturated heterocycles. The highest BCUT2D eigenvalue weighted by molar-refractivity contribution is 5.75. The third-order valence-corrected chi connectivity index (χ3v) is 2.10. The van der Waals surface area contributed by atoms with Crippen molar-refractivity contribution in [2.75, 3.05) is 19.8 Å². The van der Waals surface area contributed by atoms with Crippen molar-refractivity contribution in [1.29, 1.82) is 0 Å². The Morgan fingerprint density at radius 3 is 2.42 bits per heavy atom. The lowest BCUT2D eigenvalue weighted by Crippen LogP contribution is -2.42. The number of ether oxygens (including phenoxy) is 1. The molecule has 0 saturated carbocycles. The normalized spacial score (nSPS) is 15.6. The monoisotopic (exact) mass is 175 g/mol. The van der Waals surface area contributed by atoms with Crippen LogP contribution in [0.3, 0.4) is 0 Å². The molecule has 1 atom stereocenters. The highest BCUT2D eigenvalue weighted by Gasteiger charge is 2.35. The molecule has 0 aromatic rings. The standard InChI is InChI=1S/C8H17NO3/c1-3-8(5-9,7(10)11)6-12-4-2/h3-6,9H2,1-2H3,(H,10,11). The maximum absolute atomic E-state index is 10.8. The van der Waals surface area contributed by atoms with Crippen LogP contribution in [-0.4, -0.2) is 30.8 Å². The van der Waals surface area contributed by atoms with Crippen LogP contribution in [0.15, 0.2) is 0 Å². The van der Waals surface area contributed by atoms with Gasteiger partial charge in [-0.15, -0.1) is 0 Å². The van der Waals surface area contributed by atoms with E-state index in [0.717, 1.165) is 0 Å². The Morgan fingerprint density at radius 2 is 2.17 bits per heavy atom. The minimum atomic E-state index is -0.893. The van der Waals surface area contributed by atoms with Crippen molar-refractivity contribution in [3.63, 3.8) is 0 Å². The van der Waals surface area contributed by atoms with Gasteiger partial charge >= 0.3 is 5.97 Å². The van der Waals surface area contributed by atoms with Gasteiger partial charge in [-0.1, -0.05) is 6.92 Å². The van der Waals surface area contributed by atoms with Crippen LogP contribution in [0.4, 0.5) is 0 Å². The van der Waals surface area contributed by atoms with Crippen molar-refractivity contribution in [3.8, 4) is 0 Å². The Kier molecular flexibility index (Phi) is 4.85. The first-order chi connectivity index (χ1) is 5.63. The van der Waals surface area contributed by atoms with E-state index in [1.807, 2.05) is 6.92 Å². The Bertz CT molecular complexity index is 143. The van der Waals surface area contributed by atoms with Crippen molar-refractivity contribution in [3.05, 3.63) is 0 Å². The molecular weight excluding hydrogens is 158 g/mol.